The lowest BCUT2D eigenvalue weighted by Gasteiger charge is -2.16. The molecule has 0 saturated carbocycles. The molecule has 0 amide bonds. The number of nitrogens with one attached hydrogen (secondary N) is 1. The number of halogens is 1. The van der Waals surface area contributed by atoms with Crippen molar-refractivity contribution >= 4 is 5.69 Å². The van der Waals surface area contributed by atoms with Crippen LogP contribution in [0, 0.1) is 12.7 Å². The van der Waals surface area contributed by atoms with Crippen molar-refractivity contribution in [1.82, 2.24) is 0 Å². The van der Waals surface area contributed by atoms with Gasteiger partial charge in [-0.2, -0.15) is 0 Å². The normalized spacial score (nSPS) is 12.2. The molecule has 0 heterocycles. The highest BCUT2D eigenvalue weighted by Gasteiger charge is 2.09. The first-order chi connectivity index (χ1) is 8.56. The lowest BCUT2D eigenvalue weighted by Crippen LogP contribution is -2.07. The van der Waals surface area contributed by atoms with Crippen LogP contribution in [0.4, 0.5) is 10.1 Å². The zero-order valence-electron chi connectivity index (χ0n) is 10.4. The molecule has 18 heavy (non-hydrogen) atoms. The summed E-state index contributed by atoms with van der Waals surface area (Å²) in [6.07, 6.45) is 0. The quantitative estimate of drug-likeness (QED) is 0.856. The largest absolute Gasteiger partial charge is 0.508 e. The Morgan fingerprint density at radius 3 is 2.61 bits per heavy atom. The maximum Gasteiger partial charge on any atom is 0.146 e. The molecule has 2 nitrogen and oxygen atoms in total. The van der Waals surface area contributed by atoms with Crippen molar-refractivity contribution in [3.63, 3.8) is 0 Å². The zero-order valence-corrected chi connectivity index (χ0v) is 10.4. The molecule has 0 radical (unpaired) electrons. The van der Waals surface area contributed by atoms with Gasteiger partial charge in [-0.25, -0.2) is 4.39 Å². The van der Waals surface area contributed by atoms with Crippen LogP contribution in [0.15, 0.2) is 42.5 Å². The number of rotatable bonds is 3. The van der Waals surface area contributed by atoms with Crippen LogP contribution in [0.1, 0.15) is 24.1 Å². The molecule has 2 N–H and O–H groups in total. The maximum atomic E-state index is 13.7. The molecule has 2 aromatic rings. The topological polar surface area (TPSA) is 32.3 Å². The van der Waals surface area contributed by atoms with E-state index in [4.69, 9.17) is 0 Å². The van der Waals surface area contributed by atoms with E-state index in [1.54, 1.807) is 24.3 Å². The lowest BCUT2D eigenvalue weighted by molar-refractivity contribution is 0.474. The van der Waals surface area contributed by atoms with Crippen molar-refractivity contribution in [2.45, 2.75) is 19.9 Å². The molecule has 2 aromatic carbocycles. The van der Waals surface area contributed by atoms with Crippen LogP contribution in [0.5, 0.6) is 5.75 Å². The van der Waals surface area contributed by atoms with Gasteiger partial charge in [0.25, 0.3) is 0 Å². The molecule has 0 aliphatic heterocycles. The summed E-state index contributed by atoms with van der Waals surface area (Å²) in [4.78, 5) is 0. The third-order valence-corrected chi connectivity index (χ3v) is 2.87. The minimum Gasteiger partial charge on any atom is -0.508 e. The molecular formula is C15H16FNO. The highest BCUT2D eigenvalue weighted by molar-refractivity contribution is 5.48. The minimum absolute atomic E-state index is 0.0747. The fourth-order valence-electron chi connectivity index (χ4n) is 1.85. The first kappa shape index (κ1) is 12.4. The van der Waals surface area contributed by atoms with Gasteiger partial charge in [0.1, 0.15) is 11.6 Å². The number of phenolic OH excluding ortho intramolecular Hbond substituents is 1. The van der Waals surface area contributed by atoms with Gasteiger partial charge >= 0.3 is 0 Å². The van der Waals surface area contributed by atoms with Gasteiger partial charge in [0, 0.05) is 6.04 Å². The maximum absolute atomic E-state index is 13.7. The Morgan fingerprint density at radius 1 is 1.17 bits per heavy atom. The summed E-state index contributed by atoms with van der Waals surface area (Å²) in [5, 5.41) is 12.5. The molecule has 0 spiro atoms. The van der Waals surface area contributed by atoms with E-state index in [0.29, 0.717) is 5.69 Å². The number of phenols is 1. The first-order valence-corrected chi connectivity index (χ1v) is 5.88. The predicted molar refractivity (Wildman–Crippen MR) is 71.3 cm³/mol. The molecule has 3 heteroatoms. The molecular weight excluding hydrogens is 229 g/mol. The van der Waals surface area contributed by atoms with Gasteiger partial charge in [0.2, 0.25) is 0 Å². The first-order valence-electron chi connectivity index (χ1n) is 5.88. The molecule has 1 atom stereocenters. The average molecular weight is 245 g/mol. The van der Waals surface area contributed by atoms with Gasteiger partial charge in [-0.15, -0.1) is 0 Å². The number of aryl methyl sites for hydroxylation is 1. The van der Waals surface area contributed by atoms with E-state index in [1.165, 1.54) is 6.07 Å². The van der Waals surface area contributed by atoms with E-state index in [-0.39, 0.29) is 17.6 Å². The molecule has 0 saturated heterocycles. The molecule has 2 rings (SSSR count). The predicted octanol–water partition coefficient (Wildman–Crippen LogP) is 4.01. The summed E-state index contributed by atoms with van der Waals surface area (Å²) in [7, 11) is 0. The van der Waals surface area contributed by atoms with Crippen LogP contribution in [-0.4, -0.2) is 5.11 Å². The standard InChI is InChI=1S/C15H16FNO/c1-10-6-7-15(14(16)8-10)17-11(2)12-4-3-5-13(18)9-12/h3-9,11,17-18H,1-2H3. The van der Waals surface area contributed by atoms with E-state index in [2.05, 4.69) is 5.32 Å². The van der Waals surface area contributed by atoms with Crippen LogP contribution in [0.2, 0.25) is 0 Å². The van der Waals surface area contributed by atoms with Crippen molar-refractivity contribution in [3.8, 4) is 5.75 Å². The third-order valence-electron chi connectivity index (χ3n) is 2.87. The monoisotopic (exact) mass is 245 g/mol. The van der Waals surface area contributed by atoms with Gasteiger partial charge in [0.05, 0.1) is 5.69 Å². The second-order valence-electron chi connectivity index (χ2n) is 4.44. The van der Waals surface area contributed by atoms with Crippen molar-refractivity contribution in [3.05, 3.63) is 59.4 Å². The fraction of sp³-hybridized carbons (Fsp3) is 0.200. The Kier molecular flexibility index (Phi) is 3.51. The number of anilines is 1. The summed E-state index contributed by atoms with van der Waals surface area (Å²) in [6, 6.07) is 12.0. The zero-order chi connectivity index (χ0) is 13.1. The molecule has 94 valence electrons. The average Bonchev–Trinajstić information content (AvgIpc) is 2.32. The van der Waals surface area contributed by atoms with Crippen LogP contribution < -0.4 is 5.32 Å². The summed E-state index contributed by atoms with van der Waals surface area (Å²) in [5.74, 6) is -0.0486. The van der Waals surface area contributed by atoms with Crippen LogP contribution in [0.25, 0.3) is 0 Å². The Bertz CT molecular complexity index is 554. The fourth-order valence-corrected chi connectivity index (χ4v) is 1.85. The molecule has 0 fully saturated rings. The van der Waals surface area contributed by atoms with E-state index >= 15 is 0 Å². The Balaban J connectivity index is 2.18. The van der Waals surface area contributed by atoms with E-state index in [1.807, 2.05) is 26.0 Å². The van der Waals surface area contributed by atoms with Crippen LogP contribution in [-0.2, 0) is 0 Å². The van der Waals surface area contributed by atoms with E-state index in [0.717, 1.165) is 11.1 Å². The van der Waals surface area contributed by atoms with E-state index in [9.17, 15) is 9.50 Å². The van der Waals surface area contributed by atoms with Crippen LogP contribution in [0.3, 0.4) is 0 Å². The van der Waals surface area contributed by atoms with Gasteiger partial charge in [-0.1, -0.05) is 18.2 Å². The highest BCUT2D eigenvalue weighted by atomic mass is 19.1. The van der Waals surface area contributed by atoms with Crippen molar-refractivity contribution in [2.75, 3.05) is 5.32 Å². The Hall–Kier alpha value is -2.03. The SMILES string of the molecule is Cc1ccc(NC(C)c2cccc(O)c2)c(F)c1. The molecule has 1 unspecified atom stereocenters. The summed E-state index contributed by atoms with van der Waals surface area (Å²) in [5.41, 5.74) is 2.27. The van der Waals surface area contributed by atoms with Gasteiger partial charge in [-0.3, -0.25) is 0 Å². The minimum atomic E-state index is -0.262. The molecule has 0 aliphatic rings. The highest BCUT2D eigenvalue weighted by Crippen LogP contribution is 2.24. The van der Waals surface area contributed by atoms with Gasteiger partial charge in [0.15, 0.2) is 0 Å². The van der Waals surface area contributed by atoms with Gasteiger partial charge < -0.3 is 10.4 Å². The van der Waals surface area contributed by atoms with E-state index < -0.39 is 0 Å². The Labute approximate surface area is 106 Å². The lowest BCUT2D eigenvalue weighted by atomic mass is 10.1. The molecule has 0 bridgehead atoms. The molecule has 0 aliphatic carbocycles. The second kappa shape index (κ2) is 5.08. The number of hydrogen-bond acceptors (Lipinski definition) is 2. The number of hydrogen-bond donors (Lipinski definition) is 2. The third kappa shape index (κ3) is 2.80. The van der Waals surface area contributed by atoms with Crippen molar-refractivity contribution < 1.29 is 9.50 Å². The van der Waals surface area contributed by atoms with Crippen molar-refractivity contribution in [2.24, 2.45) is 0 Å². The molecule has 0 aromatic heterocycles. The van der Waals surface area contributed by atoms with Crippen molar-refractivity contribution in [1.29, 1.82) is 0 Å². The summed E-state index contributed by atoms with van der Waals surface area (Å²) < 4.78 is 13.7. The van der Waals surface area contributed by atoms with Crippen LogP contribution >= 0.6 is 0 Å². The summed E-state index contributed by atoms with van der Waals surface area (Å²) >= 11 is 0. The number of aromatic hydroxyl groups is 1. The Morgan fingerprint density at radius 2 is 1.94 bits per heavy atom. The smallest absolute Gasteiger partial charge is 0.146 e. The second-order valence-corrected chi connectivity index (χ2v) is 4.44. The van der Waals surface area contributed by atoms with Gasteiger partial charge in [-0.05, 0) is 49.2 Å². The number of benzene rings is 2. The summed E-state index contributed by atoms with van der Waals surface area (Å²) in [6.45, 7) is 3.78.